The summed E-state index contributed by atoms with van der Waals surface area (Å²) in [5.74, 6) is 1.70. The molecule has 2 heterocycles. The van der Waals surface area contributed by atoms with Gasteiger partial charge >= 0.3 is 0 Å². The number of aryl methyl sites for hydroxylation is 2. The van der Waals surface area contributed by atoms with E-state index in [1.54, 1.807) is 7.11 Å². The number of hydrogen-bond donors (Lipinski definition) is 0. The zero-order valence-corrected chi connectivity index (χ0v) is 12.8. The highest BCUT2D eigenvalue weighted by molar-refractivity contribution is 5.29. The summed E-state index contributed by atoms with van der Waals surface area (Å²) >= 11 is 0. The molecule has 3 rings (SSSR count). The molecule has 2 aromatic rings. The molecule has 1 fully saturated rings. The first-order valence-electron chi connectivity index (χ1n) is 7.58. The van der Waals surface area contributed by atoms with Crippen molar-refractivity contribution in [1.29, 1.82) is 0 Å². The van der Waals surface area contributed by atoms with Gasteiger partial charge in [-0.25, -0.2) is 4.68 Å². The van der Waals surface area contributed by atoms with Crippen molar-refractivity contribution in [3.05, 3.63) is 29.8 Å². The summed E-state index contributed by atoms with van der Waals surface area (Å²) in [6.45, 7) is 4.06. The zero-order chi connectivity index (χ0) is 15.2. The van der Waals surface area contributed by atoms with Crippen LogP contribution >= 0.6 is 0 Å². The molecule has 1 aromatic carbocycles. The minimum absolute atomic E-state index is 0.728. The maximum absolute atomic E-state index is 5.48. The first-order valence-corrected chi connectivity index (χ1v) is 7.58. The second-order valence-electron chi connectivity index (χ2n) is 5.25. The molecule has 1 aromatic heterocycles. The number of ether oxygens (including phenoxy) is 2. The highest BCUT2D eigenvalue weighted by Gasteiger charge is 2.16. The van der Waals surface area contributed by atoms with Gasteiger partial charge in [-0.3, -0.25) is 0 Å². The van der Waals surface area contributed by atoms with Crippen molar-refractivity contribution in [3.8, 4) is 5.75 Å². The minimum atomic E-state index is 0.728. The van der Waals surface area contributed by atoms with E-state index in [-0.39, 0.29) is 0 Å². The molecule has 1 saturated heterocycles. The number of aromatic nitrogens is 4. The Morgan fingerprint density at radius 2 is 2.05 bits per heavy atom. The van der Waals surface area contributed by atoms with E-state index in [4.69, 9.17) is 9.47 Å². The molecule has 0 amide bonds. The third kappa shape index (κ3) is 3.54. The van der Waals surface area contributed by atoms with Crippen molar-refractivity contribution >= 4 is 5.95 Å². The fraction of sp³-hybridized carbons (Fsp3) is 0.533. The Morgan fingerprint density at radius 1 is 1.18 bits per heavy atom. The Bertz CT molecular complexity index is 576. The molecule has 22 heavy (non-hydrogen) atoms. The zero-order valence-electron chi connectivity index (χ0n) is 12.8. The average Bonchev–Trinajstić information content (AvgIpc) is 2.86. The molecule has 0 saturated carbocycles. The summed E-state index contributed by atoms with van der Waals surface area (Å²) in [5, 5.41) is 12.1. The van der Waals surface area contributed by atoms with Gasteiger partial charge in [-0.1, -0.05) is 17.2 Å². The summed E-state index contributed by atoms with van der Waals surface area (Å²) in [6.07, 6.45) is 1.89. The van der Waals surface area contributed by atoms with Crippen molar-refractivity contribution in [2.24, 2.45) is 0 Å². The fourth-order valence-electron chi connectivity index (χ4n) is 2.54. The van der Waals surface area contributed by atoms with Crippen LogP contribution in [0.5, 0.6) is 5.75 Å². The van der Waals surface area contributed by atoms with Crippen molar-refractivity contribution in [2.75, 3.05) is 38.3 Å². The lowest BCUT2D eigenvalue weighted by molar-refractivity contribution is 0.152. The van der Waals surface area contributed by atoms with Gasteiger partial charge in [0.15, 0.2) is 0 Å². The van der Waals surface area contributed by atoms with Crippen LogP contribution < -0.4 is 9.64 Å². The van der Waals surface area contributed by atoms with Crippen molar-refractivity contribution in [1.82, 2.24) is 20.2 Å². The lowest BCUT2D eigenvalue weighted by Crippen LogP contribution is -2.29. The largest absolute Gasteiger partial charge is 0.497 e. The van der Waals surface area contributed by atoms with Crippen molar-refractivity contribution < 1.29 is 9.47 Å². The van der Waals surface area contributed by atoms with Gasteiger partial charge in [0.25, 0.3) is 0 Å². The number of hydrogen-bond acceptors (Lipinski definition) is 6. The molecular formula is C15H21N5O2. The maximum atomic E-state index is 5.48. The molecule has 1 aliphatic rings. The van der Waals surface area contributed by atoms with Crippen LogP contribution in [0.3, 0.4) is 0 Å². The summed E-state index contributed by atoms with van der Waals surface area (Å²) in [4.78, 5) is 2.20. The molecule has 0 aliphatic carbocycles. The number of methoxy groups -OCH3 is 1. The molecule has 0 spiro atoms. The first kappa shape index (κ1) is 14.8. The first-order chi connectivity index (χ1) is 10.9. The standard InChI is InChI=1S/C15H21N5O2/c1-21-14-5-3-13(4-6-14)7-9-20-15(16-17-18-20)19-8-2-11-22-12-10-19/h3-6H,2,7-12H2,1H3. The van der Waals surface area contributed by atoms with E-state index in [0.29, 0.717) is 0 Å². The van der Waals surface area contributed by atoms with Crippen LogP contribution in [0.1, 0.15) is 12.0 Å². The van der Waals surface area contributed by atoms with Gasteiger partial charge in [0, 0.05) is 19.7 Å². The van der Waals surface area contributed by atoms with Gasteiger partial charge in [-0.15, -0.1) is 0 Å². The van der Waals surface area contributed by atoms with E-state index in [9.17, 15) is 0 Å². The number of tetrazole rings is 1. The van der Waals surface area contributed by atoms with Gasteiger partial charge in [0.2, 0.25) is 5.95 Å². The van der Waals surface area contributed by atoms with E-state index in [0.717, 1.165) is 57.4 Å². The number of benzene rings is 1. The third-order valence-corrected chi connectivity index (χ3v) is 3.79. The summed E-state index contributed by atoms with van der Waals surface area (Å²) in [5.41, 5.74) is 1.24. The lowest BCUT2D eigenvalue weighted by atomic mass is 10.1. The topological polar surface area (TPSA) is 65.3 Å². The lowest BCUT2D eigenvalue weighted by Gasteiger charge is -2.19. The maximum Gasteiger partial charge on any atom is 0.245 e. The molecule has 0 radical (unpaired) electrons. The second-order valence-corrected chi connectivity index (χ2v) is 5.25. The molecular weight excluding hydrogens is 282 g/mol. The molecule has 0 N–H and O–H groups in total. The van der Waals surface area contributed by atoms with Crippen LogP contribution in [0.4, 0.5) is 5.95 Å². The molecule has 118 valence electrons. The predicted octanol–water partition coefficient (Wildman–Crippen LogP) is 1.15. The fourth-order valence-corrected chi connectivity index (χ4v) is 2.54. The summed E-state index contributed by atoms with van der Waals surface area (Å²) in [6, 6.07) is 8.09. The molecule has 7 heteroatoms. The van der Waals surface area contributed by atoms with Crippen LogP contribution in [0, 0.1) is 0 Å². The Morgan fingerprint density at radius 3 is 2.86 bits per heavy atom. The summed E-state index contributed by atoms with van der Waals surface area (Å²) < 4.78 is 12.5. The normalized spacial score (nSPS) is 15.6. The number of anilines is 1. The van der Waals surface area contributed by atoms with Crippen molar-refractivity contribution in [2.45, 2.75) is 19.4 Å². The van der Waals surface area contributed by atoms with Crippen LogP contribution in [-0.4, -0.2) is 53.6 Å². The van der Waals surface area contributed by atoms with E-state index >= 15 is 0 Å². The molecule has 1 aliphatic heterocycles. The SMILES string of the molecule is COc1ccc(CCn2nnnc2N2CCCOCC2)cc1. The quantitative estimate of drug-likeness (QED) is 0.825. The van der Waals surface area contributed by atoms with Gasteiger partial charge in [0.05, 0.1) is 20.3 Å². The Labute approximate surface area is 129 Å². The Hall–Kier alpha value is -2.15. The van der Waals surface area contributed by atoms with Gasteiger partial charge < -0.3 is 14.4 Å². The van der Waals surface area contributed by atoms with E-state index in [1.807, 2.05) is 16.8 Å². The smallest absolute Gasteiger partial charge is 0.245 e. The molecule has 7 nitrogen and oxygen atoms in total. The van der Waals surface area contributed by atoms with E-state index < -0.39 is 0 Å². The van der Waals surface area contributed by atoms with Crippen LogP contribution in [-0.2, 0) is 17.7 Å². The second kappa shape index (κ2) is 7.22. The van der Waals surface area contributed by atoms with Gasteiger partial charge in [-0.2, -0.15) is 0 Å². The van der Waals surface area contributed by atoms with Gasteiger partial charge in [-0.05, 0) is 41.0 Å². The van der Waals surface area contributed by atoms with Gasteiger partial charge in [0.1, 0.15) is 5.75 Å². The minimum Gasteiger partial charge on any atom is -0.497 e. The van der Waals surface area contributed by atoms with Crippen LogP contribution in [0.25, 0.3) is 0 Å². The highest BCUT2D eigenvalue weighted by Crippen LogP contribution is 2.14. The van der Waals surface area contributed by atoms with Crippen molar-refractivity contribution in [3.63, 3.8) is 0 Å². The number of rotatable bonds is 5. The Balaban J connectivity index is 1.63. The highest BCUT2D eigenvalue weighted by atomic mass is 16.5. The summed E-state index contributed by atoms with van der Waals surface area (Å²) in [7, 11) is 1.67. The Kier molecular flexibility index (Phi) is 4.85. The molecule has 0 atom stereocenters. The van der Waals surface area contributed by atoms with Crippen LogP contribution in [0.15, 0.2) is 24.3 Å². The third-order valence-electron chi connectivity index (χ3n) is 3.79. The van der Waals surface area contributed by atoms with E-state index in [1.165, 1.54) is 5.56 Å². The molecule has 0 bridgehead atoms. The molecule has 0 unspecified atom stereocenters. The monoisotopic (exact) mass is 303 g/mol. The number of nitrogens with zero attached hydrogens (tertiary/aromatic N) is 5. The van der Waals surface area contributed by atoms with Crippen LogP contribution in [0.2, 0.25) is 0 Å². The average molecular weight is 303 g/mol. The van der Waals surface area contributed by atoms with E-state index in [2.05, 4.69) is 32.6 Å². The predicted molar refractivity (Wildman–Crippen MR) is 82.2 cm³/mol.